The summed E-state index contributed by atoms with van der Waals surface area (Å²) < 4.78 is 4.48. The third-order valence-corrected chi connectivity index (χ3v) is 9.66. The first kappa shape index (κ1) is 41.9. The molecule has 18 heteroatoms. The molecule has 0 saturated carbocycles. The Morgan fingerprint density at radius 2 is 0.691 bits per heavy atom. The summed E-state index contributed by atoms with van der Waals surface area (Å²) in [7, 11) is 11.7. The molecule has 0 saturated heterocycles. The topological polar surface area (TPSA) is 195 Å². The minimum absolute atomic E-state index is 0.00176. The van der Waals surface area contributed by atoms with Crippen molar-refractivity contribution in [2.45, 2.75) is 45.7 Å². The van der Waals surface area contributed by atoms with E-state index < -0.39 is 31.8 Å². The van der Waals surface area contributed by atoms with E-state index in [0.717, 1.165) is 30.4 Å². The number of nitro groups is 3. The second-order valence-corrected chi connectivity index (χ2v) is 15.9. The van der Waals surface area contributed by atoms with Crippen LogP contribution in [-0.2, 0) is 39.3 Å². The molecule has 1 heterocycles. The van der Waals surface area contributed by atoms with E-state index in [9.17, 15) is 44.7 Å². The molecule has 0 radical (unpaired) electrons. The lowest BCUT2D eigenvalue weighted by atomic mass is 10.1. The van der Waals surface area contributed by atoms with E-state index in [1.54, 1.807) is 36.4 Å². The highest BCUT2D eigenvalue weighted by molar-refractivity contribution is 5.34. The fourth-order valence-corrected chi connectivity index (χ4v) is 6.54. The number of likely N-dealkylation sites (N-methyl/N-ethyl adjacent to an activating group) is 2. The molecule has 294 valence electrons. The van der Waals surface area contributed by atoms with Crippen molar-refractivity contribution in [1.29, 1.82) is 0 Å². The van der Waals surface area contributed by atoms with Gasteiger partial charge in [-0.25, -0.2) is 28.1 Å². The maximum atomic E-state index is 13.9. The zero-order chi connectivity index (χ0) is 40.7. The second-order valence-electron chi connectivity index (χ2n) is 15.9. The standard InChI is InChI=1S/C37H50N9O9/c1-44(2,26-29-8-14-32(15-9-29)41(50)51)23-7-20-38-35(47)39(21-24-45(3,4)27-30-10-16-33(17-11-30)42(52)53)37(49)40(36(38)48)22-25-46(5,6)28-31-12-18-34(19-13-31)43(54)55/h8-19H,7,20-28H2,1-6H3/q+3. The third kappa shape index (κ3) is 11.6. The van der Waals surface area contributed by atoms with E-state index in [4.69, 9.17) is 0 Å². The summed E-state index contributed by atoms with van der Waals surface area (Å²) in [6.45, 7) is 2.81. The van der Waals surface area contributed by atoms with Crippen LogP contribution in [0.5, 0.6) is 0 Å². The molecule has 0 atom stereocenters. The monoisotopic (exact) mass is 764 g/mol. The van der Waals surface area contributed by atoms with Crippen LogP contribution in [0.25, 0.3) is 0 Å². The van der Waals surface area contributed by atoms with Gasteiger partial charge in [-0.15, -0.1) is 0 Å². The molecule has 18 nitrogen and oxygen atoms in total. The van der Waals surface area contributed by atoms with Crippen molar-refractivity contribution in [3.05, 3.63) is 151 Å². The maximum absolute atomic E-state index is 13.9. The van der Waals surface area contributed by atoms with Crippen molar-refractivity contribution in [2.75, 3.05) is 61.9 Å². The number of nitrogens with zero attached hydrogens (tertiary/aromatic N) is 9. The Hall–Kier alpha value is -5.85. The number of hydrogen-bond acceptors (Lipinski definition) is 9. The number of benzene rings is 3. The molecule has 0 amide bonds. The van der Waals surface area contributed by atoms with Crippen LogP contribution in [0.2, 0.25) is 0 Å². The molecule has 0 bridgehead atoms. The number of nitro benzene ring substituents is 3. The van der Waals surface area contributed by atoms with Gasteiger partial charge in [0.1, 0.15) is 19.6 Å². The van der Waals surface area contributed by atoms with Gasteiger partial charge in [0.15, 0.2) is 0 Å². The van der Waals surface area contributed by atoms with Gasteiger partial charge in [-0.2, -0.15) is 0 Å². The van der Waals surface area contributed by atoms with E-state index in [2.05, 4.69) is 0 Å². The number of hydrogen-bond donors (Lipinski definition) is 0. The van der Waals surface area contributed by atoms with Crippen molar-refractivity contribution in [3.63, 3.8) is 0 Å². The van der Waals surface area contributed by atoms with Gasteiger partial charge in [-0.05, 0) is 36.4 Å². The van der Waals surface area contributed by atoms with Gasteiger partial charge in [0.05, 0.1) is 89.8 Å². The Kier molecular flexibility index (Phi) is 13.0. The van der Waals surface area contributed by atoms with Crippen LogP contribution in [0, 0.1) is 30.3 Å². The van der Waals surface area contributed by atoms with E-state index in [-0.39, 0.29) is 36.7 Å². The summed E-state index contributed by atoms with van der Waals surface area (Å²) in [4.78, 5) is 73.7. The Balaban J connectivity index is 1.57. The van der Waals surface area contributed by atoms with Gasteiger partial charge in [0.25, 0.3) is 17.1 Å². The Labute approximate surface area is 317 Å². The van der Waals surface area contributed by atoms with Crippen LogP contribution in [0.15, 0.2) is 87.2 Å². The van der Waals surface area contributed by atoms with Crippen molar-refractivity contribution in [2.24, 2.45) is 0 Å². The van der Waals surface area contributed by atoms with Crippen LogP contribution in [-0.4, -0.2) is 104 Å². The molecule has 0 aliphatic heterocycles. The highest BCUT2D eigenvalue weighted by atomic mass is 16.6. The smallest absolute Gasteiger partial charge is 0.325 e. The lowest BCUT2D eigenvalue weighted by molar-refractivity contribution is -0.904. The van der Waals surface area contributed by atoms with Crippen LogP contribution >= 0.6 is 0 Å². The summed E-state index contributed by atoms with van der Waals surface area (Å²) in [5.74, 6) is 0. The largest absolute Gasteiger partial charge is 0.336 e. The summed E-state index contributed by atoms with van der Waals surface area (Å²) in [5.41, 5.74) is 0.406. The van der Waals surface area contributed by atoms with E-state index >= 15 is 0 Å². The van der Waals surface area contributed by atoms with Crippen molar-refractivity contribution >= 4 is 17.1 Å². The van der Waals surface area contributed by atoms with Gasteiger partial charge in [-0.1, -0.05) is 0 Å². The average Bonchev–Trinajstić information content (AvgIpc) is 3.09. The lowest BCUT2D eigenvalue weighted by Crippen LogP contribution is -2.57. The minimum atomic E-state index is -0.716. The number of quaternary nitrogens is 3. The van der Waals surface area contributed by atoms with E-state index in [0.29, 0.717) is 59.1 Å². The molecular formula is C37H50N9O9+3. The highest BCUT2D eigenvalue weighted by Gasteiger charge is 2.24. The van der Waals surface area contributed by atoms with Crippen LogP contribution in [0.1, 0.15) is 23.1 Å². The molecule has 3 aromatic carbocycles. The van der Waals surface area contributed by atoms with Gasteiger partial charge < -0.3 is 13.4 Å². The molecule has 0 aliphatic carbocycles. The Morgan fingerprint density at radius 1 is 0.436 bits per heavy atom. The van der Waals surface area contributed by atoms with Crippen LogP contribution < -0.4 is 17.1 Å². The molecule has 0 unspecified atom stereocenters. The van der Waals surface area contributed by atoms with Crippen molar-refractivity contribution in [3.8, 4) is 0 Å². The first-order chi connectivity index (χ1) is 25.7. The van der Waals surface area contributed by atoms with Gasteiger partial charge in [-0.3, -0.25) is 30.3 Å². The fraction of sp³-hybridized carbons (Fsp3) is 0.432. The lowest BCUT2D eigenvalue weighted by Gasteiger charge is -2.31. The predicted molar refractivity (Wildman–Crippen MR) is 205 cm³/mol. The quantitative estimate of drug-likeness (QED) is 0.0783. The van der Waals surface area contributed by atoms with E-state index in [1.807, 2.05) is 42.3 Å². The molecule has 0 fully saturated rings. The number of rotatable bonds is 19. The molecule has 0 N–H and O–H groups in total. The first-order valence-electron chi connectivity index (χ1n) is 17.8. The minimum Gasteiger partial charge on any atom is -0.325 e. The van der Waals surface area contributed by atoms with Gasteiger partial charge in [0.2, 0.25) is 0 Å². The zero-order valence-electron chi connectivity index (χ0n) is 32.2. The summed E-state index contributed by atoms with van der Waals surface area (Å²) in [5, 5.41) is 33.3. The average molecular weight is 765 g/mol. The predicted octanol–water partition coefficient (Wildman–Crippen LogP) is 3.12. The highest BCUT2D eigenvalue weighted by Crippen LogP contribution is 2.18. The SMILES string of the molecule is C[N+](C)(CCCn1c(=O)n(CC[N+](C)(C)Cc2ccc([N+](=O)[O-])cc2)c(=O)n(CC[N+](C)(C)Cc2ccc([N+](=O)[O-])cc2)c1=O)Cc1ccc([N+](=O)[O-])cc1. The molecule has 4 rings (SSSR count). The molecule has 0 spiro atoms. The van der Waals surface area contributed by atoms with Crippen molar-refractivity contribution in [1.82, 2.24) is 13.7 Å². The molecule has 4 aromatic rings. The Bertz CT molecular complexity index is 2070. The Morgan fingerprint density at radius 3 is 0.964 bits per heavy atom. The van der Waals surface area contributed by atoms with Crippen molar-refractivity contribution < 1.29 is 28.2 Å². The molecule has 55 heavy (non-hydrogen) atoms. The number of aromatic nitrogens is 3. The van der Waals surface area contributed by atoms with Crippen LogP contribution in [0.4, 0.5) is 17.1 Å². The molecule has 1 aromatic heterocycles. The van der Waals surface area contributed by atoms with Gasteiger partial charge >= 0.3 is 17.1 Å². The normalized spacial score (nSPS) is 12.1. The number of non-ortho nitro benzene ring substituents is 3. The third-order valence-electron chi connectivity index (χ3n) is 9.66. The van der Waals surface area contributed by atoms with Crippen LogP contribution in [0.3, 0.4) is 0 Å². The molecule has 0 aliphatic rings. The summed E-state index contributed by atoms with van der Waals surface area (Å²) in [6.07, 6.45) is 0.427. The fourth-order valence-electron chi connectivity index (χ4n) is 6.54. The molecular weight excluding hydrogens is 714 g/mol. The maximum Gasteiger partial charge on any atom is 0.336 e. The first-order valence-corrected chi connectivity index (χ1v) is 17.8. The zero-order valence-corrected chi connectivity index (χ0v) is 32.2. The van der Waals surface area contributed by atoms with E-state index in [1.165, 1.54) is 36.4 Å². The van der Waals surface area contributed by atoms with Gasteiger partial charge in [0, 0.05) is 66.1 Å². The summed E-state index contributed by atoms with van der Waals surface area (Å²) in [6, 6.07) is 18.8. The second kappa shape index (κ2) is 17.1. The summed E-state index contributed by atoms with van der Waals surface area (Å²) >= 11 is 0.